The first-order chi connectivity index (χ1) is 17.8. The molecule has 0 amide bonds. The van der Waals surface area contributed by atoms with Crippen molar-refractivity contribution in [3.05, 3.63) is 66.0 Å². The molecule has 1 saturated heterocycles. The Kier molecular flexibility index (Phi) is 13.7. The highest BCUT2D eigenvalue weighted by Gasteiger charge is 2.19. The quantitative estimate of drug-likeness (QED) is 0.152. The van der Waals surface area contributed by atoms with Gasteiger partial charge in [0.2, 0.25) is 0 Å². The van der Waals surface area contributed by atoms with Crippen molar-refractivity contribution in [1.29, 1.82) is 0 Å². The van der Waals surface area contributed by atoms with E-state index in [0.717, 1.165) is 32.0 Å². The molecule has 1 fully saturated rings. The van der Waals surface area contributed by atoms with Crippen LogP contribution in [0.4, 0.5) is 5.69 Å². The lowest BCUT2D eigenvalue weighted by atomic mass is 9.96. The predicted octanol–water partition coefficient (Wildman–Crippen LogP) is 4.42. The number of hydrogen-bond acceptors (Lipinski definition) is 6. The van der Waals surface area contributed by atoms with Crippen molar-refractivity contribution in [1.82, 2.24) is 19.6 Å². The van der Waals surface area contributed by atoms with Crippen molar-refractivity contribution >= 4 is 18.7 Å². The van der Waals surface area contributed by atoms with E-state index in [2.05, 4.69) is 127 Å². The molecule has 7 heteroatoms. The number of rotatable bonds is 15. The van der Waals surface area contributed by atoms with Crippen LogP contribution in [-0.2, 0) is 6.42 Å². The maximum absolute atomic E-state index is 3.83. The van der Waals surface area contributed by atoms with E-state index in [-0.39, 0.29) is 0 Å². The van der Waals surface area contributed by atoms with Gasteiger partial charge in [-0.25, -0.2) is 0 Å². The van der Waals surface area contributed by atoms with Crippen molar-refractivity contribution in [3.8, 4) is 0 Å². The number of piperidine rings is 1. The van der Waals surface area contributed by atoms with Crippen molar-refractivity contribution in [2.75, 3.05) is 79.4 Å². The maximum atomic E-state index is 3.83. The third kappa shape index (κ3) is 12.3. The minimum atomic E-state index is 0.828. The second-order valence-corrected chi connectivity index (χ2v) is 10.3. The normalized spacial score (nSPS) is 15.9. The molecule has 0 aliphatic carbocycles. The average Bonchev–Trinajstić information content (AvgIpc) is 2.89. The zero-order valence-electron chi connectivity index (χ0n) is 24.1. The first-order valence-corrected chi connectivity index (χ1v) is 13.4. The predicted molar refractivity (Wildman–Crippen MR) is 162 cm³/mol. The van der Waals surface area contributed by atoms with E-state index < -0.39 is 0 Å². The Balaban J connectivity index is 1.94. The van der Waals surface area contributed by atoms with Crippen LogP contribution in [0, 0.1) is 5.92 Å². The number of allylic oxidation sites excluding steroid dienone is 2. The van der Waals surface area contributed by atoms with E-state index in [1.54, 1.807) is 6.34 Å². The van der Waals surface area contributed by atoms with E-state index in [4.69, 9.17) is 0 Å². The van der Waals surface area contributed by atoms with Crippen LogP contribution in [-0.4, -0.2) is 107 Å². The van der Waals surface area contributed by atoms with Crippen LogP contribution >= 0.6 is 0 Å². The lowest BCUT2D eigenvalue weighted by molar-refractivity contribution is 0.172. The summed E-state index contributed by atoms with van der Waals surface area (Å²) in [7, 11) is 10.6. The van der Waals surface area contributed by atoms with Gasteiger partial charge in [-0.3, -0.25) is 4.90 Å². The fraction of sp³-hybridized carbons (Fsp3) is 0.533. The zero-order valence-corrected chi connectivity index (χ0v) is 24.1. The number of anilines is 1. The van der Waals surface area contributed by atoms with Gasteiger partial charge in [0.05, 0.1) is 0 Å². The average molecular weight is 508 g/mol. The summed E-state index contributed by atoms with van der Waals surface area (Å²) < 4.78 is 0. The van der Waals surface area contributed by atoms with Crippen molar-refractivity contribution in [3.63, 3.8) is 0 Å². The van der Waals surface area contributed by atoms with E-state index in [0.29, 0.717) is 0 Å². The second-order valence-electron chi connectivity index (χ2n) is 10.3. The van der Waals surface area contributed by atoms with Crippen LogP contribution in [0.15, 0.2) is 70.7 Å². The van der Waals surface area contributed by atoms with Gasteiger partial charge in [-0.05, 0) is 88.6 Å². The summed E-state index contributed by atoms with van der Waals surface area (Å²) in [4.78, 5) is 11.4. The molecule has 204 valence electrons. The molecule has 1 heterocycles. The number of nitrogens with zero attached hydrogens (tertiary/aromatic N) is 7. The van der Waals surface area contributed by atoms with Crippen molar-refractivity contribution < 1.29 is 0 Å². The second kappa shape index (κ2) is 16.8. The Bertz CT molecular complexity index is 910. The van der Waals surface area contributed by atoms with E-state index in [9.17, 15) is 0 Å². The third-order valence-electron chi connectivity index (χ3n) is 6.75. The molecular formula is C30H49N7. The van der Waals surface area contributed by atoms with Crippen molar-refractivity contribution in [2.24, 2.45) is 16.1 Å². The van der Waals surface area contributed by atoms with Crippen LogP contribution in [0.2, 0.25) is 0 Å². The van der Waals surface area contributed by atoms with Gasteiger partial charge in [0, 0.05) is 72.1 Å². The van der Waals surface area contributed by atoms with Gasteiger partial charge in [0.15, 0.2) is 0 Å². The summed E-state index contributed by atoms with van der Waals surface area (Å²) in [5, 5.41) is 7.35. The van der Waals surface area contributed by atoms with E-state index in [1.165, 1.54) is 49.3 Å². The minimum absolute atomic E-state index is 0.828. The summed E-state index contributed by atoms with van der Waals surface area (Å²) in [6, 6.07) is 8.67. The molecule has 2 rings (SSSR count). The molecule has 0 bridgehead atoms. The molecule has 37 heavy (non-hydrogen) atoms. The Morgan fingerprint density at radius 3 is 2.51 bits per heavy atom. The highest BCUT2D eigenvalue weighted by atomic mass is 15.3. The van der Waals surface area contributed by atoms with E-state index >= 15 is 0 Å². The largest absolute Gasteiger partial charge is 0.380 e. The molecule has 1 aliphatic heterocycles. The first kappa shape index (κ1) is 30.3. The number of benzene rings is 1. The van der Waals surface area contributed by atoms with Gasteiger partial charge in [-0.15, -0.1) is 5.10 Å². The fourth-order valence-electron chi connectivity index (χ4n) is 4.48. The van der Waals surface area contributed by atoms with Gasteiger partial charge < -0.3 is 19.6 Å². The molecule has 1 aromatic carbocycles. The number of likely N-dealkylation sites (N-methyl/N-ethyl adjacent to an activating group) is 1. The summed E-state index contributed by atoms with van der Waals surface area (Å²) in [6.45, 7) is 12.0. The smallest absolute Gasteiger partial charge is 0.113 e. The SMILES string of the molecule is C=N/N=C\N(C)CCc1cccc(N(C)/C=C/C=C\C(=C/N(C)CC)CN2CCC(CN(C)C)CC2)c1. The van der Waals surface area contributed by atoms with Gasteiger partial charge in [0.25, 0.3) is 0 Å². The Morgan fingerprint density at radius 1 is 1.08 bits per heavy atom. The van der Waals surface area contributed by atoms with Crippen molar-refractivity contribution in [2.45, 2.75) is 26.2 Å². The van der Waals surface area contributed by atoms with Crippen LogP contribution in [0.25, 0.3) is 0 Å². The lowest BCUT2D eigenvalue weighted by Gasteiger charge is -2.33. The first-order valence-electron chi connectivity index (χ1n) is 13.4. The summed E-state index contributed by atoms with van der Waals surface area (Å²) in [5.74, 6) is 0.828. The Hall–Kier alpha value is -2.90. The molecule has 0 unspecified atom stereocenters. The number of hydrogen-bond donors (Lipinski definition) is 0. The molecule has 0 spiro atoms. The zero-order chi connectivity index (χ0) is 27.0. The highest BCUT2D eigenvalue weighted by molar-refractivity contribution is 5.55. The molecule has 0 saturated carbocycles. The fourth-order valence-corrected chi connectivity index (χ4v) is 4.48. The van der Waals surface area contributed by atoms with Gasteiger partial charge in [0.1, 0.15) is 6.34 Å². The maximum Gasteiger partial charge on any atom is 0.113 e. The Labute approximate surface area is 226 Å². The molecular weight excluding hydrogens is 458 g/mol. The molecule has 7 nitrogen and oxygen atoms in total. The topological polar surface area (TPSA) is 40.9 Å². The summed E-state index contributed by atoms with van der Waals surface area (Å²) >= 11 is 0. The van der Waals surface area contributed by atoms with Crippen LogP contribution in [0.3, 0.4) is 0 Å². The van der Waals surface area contributed by atoms with E-state index in [1.807, 2.05) is 11.9 Å². The molecule has 0 radical (unpaired) electrons. The van der Waals surface area contributed by atoms with Crippen LogP contribution in [0.5, 0.6) is 0 Å². The lowest BCUT2D eigenvalue weighted by Crippen LogP contribution is -2.38. The van der Waals surface area contributed by atoms with Gasteiger partial charge in [-0.2, -0.15) is 5.10 Å². The van der Waals surface area contributed by atoms with Crippen LogP contribution in [0.1, 0.15) is 25.3 Å². The summed E-state index contributed by atoms with van der Waals surface area (Å²) in [6.07, 6.45) is 16.2. The molecule has 0 atom stereocenters. The molecule has 0 N–H and O–H groups in total. The highest BCUT2D eigenvalue weighted by Crippen LogP contribution is 2.19. The molecule has 0 aromatic heterocycles. The van der Waals surface area contributed by atoms with Crippen LogP contribution < -0.4 is 4.90 Å². The third-order valence-corrected chi connectivity index (χ3v) is 6.75. The molecule has 1 aromatic rings. The summed E-state index contributed by atoms with van der Waals surface area (Å²) in [5.41, 5.74) is 3.82. The monoisotopic (exact) mass is 507 g/mol. The molecule has 1 aliphatic rings. The standard InChI is InChI=1S/C30H49N7/c1-8-34(5)24-29(25-37-20-16-28(17-21-37)23-33(3)4)12-9-10-18-36(7)30-14-11-13-27(22-30)15-19-35(6)26-32-31-2/h9-14,18,22,24,26,28H,2,8,15-17,19-21,23,25H2,1,3-7H3/b12-9-,18-10+,29-24+,32-26-. The van der Waals surface area contributed by atoms with Gasteiger partial charge >= 0.3 is 0 Å². The minimum Gasteiger partial charge on any atom is -0.380 e. The van der Waals surface area contributed by atoms with Gasteiger partial charge in [-0.1, -0.05) is 24.3 Å². The number of likely N-dealkylation sites (tertiary alicyclic amines) is 1. The Morgan fingerprint density at radius 2 is 1.84 bits per heavy atom.